The molecule has 1 N–H and O–H groups in total. The number of hydrogen-bond donors (Lipinski definition) is 1. The van der Waals surface area contributed by atoms with Gasteiger partial charge in [-0.1, -0.05) is 25.1 Å². The molecule has 5 nitrogen and oxygen atoms in total. The molecule has 0 aromatic heterocycles. The minimum absolute atomic E-state index is 0.122. The van der Waals surface area contributed by atoms with Crippen LogP contribution < -0.4 is 5.32 Å². The fraction of sp³-hybridized carbons (Fsp3) is 0.850. The van der Waals surface area contributed by atoms with Crippen LogP contribution >= 0.6 is 11.8 Å². The van der Waals surface area contributed by atoms with Crippen LogP contribution in [0.3, 0.4) is 0 Å². The normalized spacial score (nSPS) is 39.0. The number of likely N-dealkylation sites (tertiary alicyclic amines) is 1. The van der Waals surface area contributed by atoms with Crippen molar-refractivity contribution in [2.24, 2.45) is 22.7 Å². The molecule has 2 saturated carbocycles. The number of hydrogen-bond acceptors (Lipinski definition) is 4. The number of aliphatic imine (C=N–C) groups is 1. The highest BCUT2D eigenvalue weighted by Crippen LogP contribution is 2.47. The van der Waals surface area contributed by atoms with Crippen molar-refractivity contribution in [1.29, 1.82) is 0 Å². The average molecular weight is 378 g/mol. The molecule has 0 spiro atoms. The average Bonchev–Trinajstić information content (AvgIpc) is 3.30. The van der Waals surface area contributed by atoms with Gasteiger partial charge in [0.25, 0.3) is 0 Å². The minimum atomic E-state index is -0.405. The van der Waals surface area contributed by atoms with Crippen LogP contribution in [0.2, 0.25) is 0 Å². The molecular formula is C20H31N3O2S. The number of fused-ring (bicyclic) bond motifs is 2. The fourth-order valence-electron chi connectivity index (χ4n) is 5.39. The van der Waals surface area contributed by atoms with Gasteiger partial charge in [0.05, 0.1) is 10.8 Å². The molecule has 6 heteroatoms. The molecule has 2 bridgehead atoms. The van der Waals surface area contributed by atoms with Crippen LogP contribution in [0.1, 0.15) is 65.2 Å². The third-order valence-electron chi connectivity index (χ3n) is 6.95. The van der Waals surface area contributed by atoms with E-state index in [2.05, 4.69) is 12.2 Å². The number of nitrogens with zero attached hydrogens (tertiary/aromatic N) is 2. The monoisotopic (exact) mass is 377 g/mol. The second-order valence-corrected chi connectivity index (χ2v) is 10.3. The molecular weight excluding hydrogens is 346 g/mol. The van der Waals surface area contributed by atoms with Gasteiger partial charge >= 0.3 is 0 Å². The van der Waals surface area contributed by atoms with Crippen molar-refractivity contribution in [2.45, 2.75) is 76.0 Å². The van der Waals surface area contributed by atoms with Gasteiger partial charge in [0.1, 0.15) is 0 Å². The summed E-state index contributed by atoms with van der Waals surface area (Å²) in [5.74, 6) is 2.51. The quantitative estimate of drug-likeness (QED) is 0.818. The Morgan fingerprint density at radius 1 is 1.27 bits per heavy atom. The highest BCUT2D eigenvalue weighted by atomic mass is 32.2. The van der Waals surface area contributed by atoms with Gasteiger partial charge in [0.15, 0.2) is 5.17 Å². The molecule has 4 fully saturated rings. The molecule has 4 atom stereocenters. The van der Waals surface area contributed by atoms with Crippen molar-refractivity contribution in [2.75, 3.05) is 13.1 Å². The molecule has 2 saturated heterocycles. The predicted octanol–water partition coefficient (Wildman–Crippen LogP) is 3.19. The Hall–Kier alpha value is -1.04. The molecule has 26 heavy (non-hydrogen) atoms. The molecule has 2 aliphatic heterocycles. The number of carbonyl (C=O) groups excluding carboxylic acids is 2. The van der Waals surface area contributed by atoms with E-state index in [0.29, 0.717) is 18.4 Å². The zero-order valence-corrected chi connectivity index (χ0v) is 16.8. The zero-order valence-electron chi connectivity index (χ0n) is 16.0. The van der Waals surface area contributed by atoms with Gasteiger partial charge in [-0.3, -0.25) is 14.6 Å². The highest BCUT2D eigenvalue weighted by molar-refractivity contribution is 8.16. The predicted molar refractivity (Wildman–Crippen MR) is 105 cm³/mol. The topological polar surface area (TPSA) is 61.8 Å². The number of rotatable bonds is 4. The maximum Gasteiger partial charge on any atom is 0.242 e. The Balaban J connectivity index is 1.33. The molecule has 2 heterocycles. The summed E-state index contributed by atoms with van der Waals surface area (Å²) in [7, 11) is 0. The Kier molecular flexibility index (Phi) is 5.06. The van der Waals surface area contributed by atoms with Gasteiger partial charge in [0, 0.05) is 19.5 Å². The van der Waals surface area contributed by atoms with Crippen molar-refractivity contribution in [1.82, 2.24) is 10.2 Å². The Morgan fingerprint density at radius 2 is 2.04 bits per heavy atom. The Bertz CT molecular complexity index is 614. The first-order valence-corrected chi connectivity index (χ1v) is 11.1. The summed E-state index contributed by atoms with van der Waals surface area (Å²) < 4.78 is -0.405. The van der Waals surface area contributed by atoms with E-state index in [1.807, 2.05) is 11.8 Å². The molecule has 2 aliphatic carbocycles. The summed E-state index contributed by atoms with van der Waals surface area (Å²) in [5, 5.41) is 3.92. The molecule has 0 aromatic rings. The molecule has 0 aromatic carbocycles. The number of amidine groups is 1. The smallest absolute Gasteiger partial charge is 0.242 e. The van der Waals surface area contributed by atoms with Crippen LogP contribution in [-0.2, 0) is 9.59 Å². The number of amides is 2. The lowest BCUT2D eigenvalue weighted by Crippen LogP contribution is -2.41. The molecule has 144 valence electrons. The Labute approximate surface area is 160 Å². The lowest BCUT2D eigenvalue weighted by Gasteiger charge is -2.34. The summed E-state index contributed by atoms with van der Waals surface area (Å²) in [6, 6.07) is 0.433. The van der Waals surface area contributed by atoms with E-state index in [4.69, 9.17) is 4.99 Å². The largest absolute Gasteiger partial charge is 0.343 e. The number of thioether (sulfide) groups is 1. The summed E-state index contributed by atoms with van der Waals surface area (Å²) >= 11 is 1.65. The lowest BCUT2D eigenvalue weighted by atomic mass is 9.87. The van der Waals surface area contributed by atoms with E-state index in [0.717, 1.165) is 49.4 Å². The third kappa shape index (κ3) is 3.54. The van der Waals surface area contributed by atoms with E-state index in [9.17, 15) is 9.59 Å². The van der Waals surface area contributed by atoms with E-state index >= 15 is 0 Å². The fourth-order valence-corrected chi connectivity index (χ4v) is 6.61. The van der Waals surface area contributed by atoms with Crippen LogP contribution in [0.25, 0.3) is 0 Å². The highest BCUT2D eigenvalue weighted by Gasteiger charge is 2.46. The number of nitrogens with one attached hydrogen (secondary N) is 1. The van der Waals surface area contributed by atoms with Gasteiger partial charge in [-0.2, -0.15) is 0 Å². The van der Waals surface area contributed by atoms with Gasteiger partial charge in [0.2, 0.25) is 11.8 Å². The van der Waals surface area contributed by atoms with Crippen molar-refractivity contribution >= 4 is 28.7 Å². The number of carbonyl (C=O) groups is 2. The number of piperidine rings is 1. The van der Waals surface area contributed by atoms with Crippen molar-refractivity contribution < 1.29 is 9.59 Å². The first kappa shape index (κ1) is 18.3. The van der Waals surface area contributed by atoms with Crippen LogP contribution in [0, 0.1) is 17.8 Å². The third-order valence-corrected chi connectivity index (χ3v) is 8.16. The van der Waals surface area contributed by atoms with Crippen molar-refractivity contribution in [3.63, 3.8) is 0 Å². The van der Waals surface area contributed by atoms with Crippen LogP contribution in [0.4, 0.5) is 0 Å². The van der Waals surface area contributed by atoms with E-state index in [-0.39, 0.29) is 11.8 Å². The first-order chi connectivity index (χ1) is 12.5. The molecule has 1 unspecified atom stereocenters. The van der Waals surface area contributed by atoms with Crippen molar-refractivity contribution in [3.8, 4) is 0 Å². The second-order valence-electron chi connectivity index (χ2n) is 8.85. The zero-order chi connectivity index (χ0) is 18.3. The molecule has 4 rings (SSSR count). The van der Waals surface area contributed by atoms with Gasteiger partial charge < -0.3 is 10.2 Å². The summed E-state index contributed by atoms with van der Waals surface area (Å²) in [6.07, 6.45) is 8.73. The van der Waals surface area contributed by atoms with Gasteiger partial charge in [-0.05, 0) is 63.2 Å². The van der Waals surface area contributed by atoms with E-state index < -0.39 is 4.75 Å². The van der Waals surface area contributed by atoms with Crippen LogP contribution in [0.5, 0.6) is 0 Å². The maximum absolute atomic E-state index is 12.7. The van der Waals surface area contributed by atoms with E-state index in [1.54, 1.807) is 11.8 Å². The van der Waals surface area contributed by atoms with Crippen LogP contribution in [-0.4, -0.2) is 45.8 Å². The second kappa shape index (κ2) is 7.17. The van der Waals surface area contributed by atoms with Gasteiger partial charge in [-0.25, -0.2) is 0 Å². The standard InChI is InChI=1S/C20H31N3O2S/c1-3-17(24)23-8-6-13(7-9-23)12-20(2)18(25)22-19(26-20)21-16-11-14-4-5-15(16)10-14/h13-16H,3-12H2,1-2H3,(H,21,22,25)/t14-,15+,16+,20?/m1/s1. The summed E-state index contributed by atoms with van der Waals surface area (Å²) in [4.78, 5) is 31.4. The molecule has 2 amide bonds. The molecule has 4 aliphatic rings. The summed E-state index contributed by atoms with van der Waals surface area (Å²) in [5.41, 5.74) is 0. The van der Waals surface area contributed by atoms with E-state index in [1.165, 1.54) is 25.7 Å². The lowest BCUT2D eigenvalue weighted by molar-refractivity contribution is -0.132. The maximum atomic E-state index is 12.7. The SMILES string of the molecule is CCC(=O)N1CCC(CC2(C)SC(=N[C@H]3C[C@@H]4CC[C@H]3C4)NC2=O)CC1. The summed E-state index contributed by atoms with van der Waals surface area (Å²) in [6.45, 7) is 5.67. The van der Waals surface area contributed by atoms with Gasteiger partial charge in [-0.15, -0.1) is 0 Å². The minimum Gasteiger partial charge on any atom is -0.343 e. The van der Waals surface area contributed by atoms with Crippen molar-refractivity contribution in [3.05, 3.63) is 0 Å². The molecule has 0 radical (unpaired) electrons. The first-order valence-electron chi connectivity index (χ1n) is 10.3. The van der Waals surface area contributed by atoms with Crippen LogP contribution in [0.15, 0.2) is 4.99 Å². The Morgan fingerprint density at radius 3 is 2.65 bits per heavy atom.